The van der Waals surface area contributed by atoms with E-state index in [2.05, 4.69) is 50.0 Å². The van der Waals surface area contributed by atoms with E-state index in [-0.39, 0.29) is 0 Å². The summed E-state index contributed by atoms with van der Waals surface area (Å²) >= 11 is 4.30. The highest BCUT2D eigenvalue weighted by Gasteiger charge is 2.14. The Morgan fingerprint density at radius 2 is 2.06 bits per heavy atom. The van der Waals surface area contributed by atoms with Crippen LogP contribution in [0.5, 0.6) is 5.75 Å². The van der Waals surface area contributed by atoms with Crippen LogP contribution in [0, 0.1) is 0 Å². The molecule has 1 N–H and O–H groups in total. The van der Waals surface area contributed by atoms with Gasteiger partial charge in [0.2, 0.25) is 0 Å². The van der Waals surface area contributed by atoms with Crippen LogP contribution in [0.2, 0.25) is 0 Å². The normalized spacial score (nSPS) is 12.8. The predicted molar refractivity (Wildman–Crippen MR) is 77.4 cm³/mol. The molecule has 3 heteroatoms. The van der Waals surface area contributed by atoms with E-state index in [1.807, 2.05) is 7.05 Å². The first-order valence-corrected chi connectivity index (χ1v) is 6.73. The molecule has 0 saturated heterocycles. The zero-order valence-corrected chi connectivity index (χ0v) is 12.1. The van der Waals surface area contributed by atoms with Crippen molar-refractivity contribution in [3.63, 3.8) is 0 Å². The number of ether oxygens (including phenoxy) is 1. The van der Waals surface area contributed by atoms with Crippen molar-refractivity contribution in [3.05, 3.63) is 29.3 Å². The monoisotopic (exact) mass is 253 g/mol. The minimum absolute atomic E-state index is 0.309. The average Bonchev–Trinajstić information content (AvgIpc) is 2.35. The van der Waals surface area contributed by atoms with Gasteiger partial charge in [0.15, 0.2) is 0 Å². The molecule has 1 rings (SSSR count). The maximum atomic E-state index is 5.50. The second-order valence-electron chi connectivity index (χ2n) is 4.51. The van der Waals surface area contributed by atoms with E-state index in [9.17, 15) is 0 Å². The number of hydrogen-bond acceptors (Lipinski definition) is 3. The van der Waals surface area contributed by atoms with Gasteiger partial charge in [-0.15, -0.1) is 0 Å². The summed E-state index contributed by atoms with van der Waals surface area (Å²) in [6.07, 6.45) is 0.997. The summed E-state index contributed by atoms with van der Waals surface area (Å²) < 4.78 is 5.50. The quantitative estimate of drug-likeness (QED) is 0.758. The van der Waals surface area contributed by atoms with Gasteiger partial charge in [-0.25, -0.2) is 0 Å². The molecule has 0 fully saturated rings. The van der Waals surface area contributed by atoms with Crippen LogP contribution in [0.15, 0.2) is 18.2 Å². The summed E-state index contributed by atoms with van der Waals surface area (Å²) in [7, 11) is 3.71. The predicted octanol–water partition coefficient (Wildman–Crippen LogP) is 3.40. The zero-order chi connectivity index (χ0) is 12.8. The van der Waals surface area contributed by atoms with Crippen molar-refractivity contribution in [2.45, 2.75) is 32.2 Å². The second-order valence-corrected chi connectivity index (χ2v) is 4.96. The van der Waals surface area contributed by atoms with Crippen molar-refractivity contribution in [3.8, 4) is 5.75 Å². The van der Waals surface area contributed by atoms with Crippen LogP contribution in [0.4, 0.5) is 0 Å². The number of hydrogen-bond donors (Lipinski definition) is 2. The molecule has 2 nitrogen and oxygen atoms in total. The Labute approximate surface area is 110 Å². The molecule has 1 unspecified atom stereocenters. The van der Waals surface area contributed by atoms with Crippen molar-refractivity contribution in [1.29, 1.82) is 0 Å². The third kappa shape index (κ3) is 3.65. The molecular formula is C14H23NOS. The highest BCUT2D eigenvalue weighted by Crippen LogP contribution is 2.30. The largest absolute Gasteiger partial charge is 0.496 e. The van der Waals surface area contributed by atoms with Gasteiger partial charge < -0.3 is 10.1 Å². The first-order chi connectivity index (χ1) is 8.13. The van der Waals surface area contributed by atoms with Crippen molar-refractivity contribution in [2.24, 2.45) is 0 Å². The SMILES string of the molecule is CNC(CCS)c1ccc(C(C)C)cc1OC. The van der Waals surface area contributed by atoms with Gasteiger partial charge in [0.25, 0.3) is 0 Å². The van der Waals surface area contributed by atoms with Crippen LogP contribution >= 0.6 is 12.6 Å². The van der Waals surface area contributed by atoms with E-state index in [4.69, 9.17) is 4.74 Å². The summed E-state index contributed by atoms with van der Waals surface area (Å²) in [4.78, 5) is 0. The van der Waals surface area contributed by atoms with Crippen LogP contribution in [-0.4, -0.2) is 19.9 Å². The van der Waals surface area contributed by atoms with Gasteiger partial charge in [0, 0.05) is 11.6 Å². The maximum Gasteiger partial charge on any atom is 0.123 e. The van der Waals surface area contributed by atoms with Crippen LogP contribution in [-0.2, 0) is 0 Å². The fraction of sp³-hybridized carbons (Fsp3) is 0.571. The van der Waals surface area contributed by atoms with Crippen molar-refractivity contribution < 1.29 is 4.74 Å². The van der Waals surface area contributed by atoms with Crippen LogP contribution in [0.25, 0.3) is 0 Å². The third-order valence-electron chi connectivity index (χ3n) is 3.07. The highest BCUT2D eigenvalue weighted by molar-refractivity contribution is 7.80. The minimum Gasteiger partial charge on any atom is -0.496 e. The molecule has 0 aliphatic heterocycles. The Bertz CT molecular complexity index is 352. The molecule has 17 heavy (non-hydrogen) atoms. The maximum absolute atomic E-state index is 5.50. The topological polar surface area (TPSA) is 21.3 Å². The van der Waals surface area contributed by atoms with Crippen molar-refractivity contribution >= 4 is 12.6 Å². The molecule has 0 bridgehead atoms. The van der Waals surface area contributed by atoms with Crippen LogP contribution in [0.1, 0.15) is 43.4 Å². The Kier molecular flexibility index (Phi) is 5.86. The van der Waals surface area contributed by atoms with E-state index < -0.39 is 0 Å². The van der Waals surface area contributed by atoms with Gasteiger partial charge in [0.1, 0.15) is 5.75 Å². The molecule has 96 valence electrons. The lowest BCUT2D eigenvalue weighted by Gasteiger charge is -2.20. The lowest BCUT2D eigenvalue weighted by atomic mass is 9.97. The lowest BCUT2D eigenvalue weighted by molar-refractivity contribution is 0.400. The number of benzene rings is 1. The summed E-state index contributed by atoms with van der Waals surface area (Å²) in [5.74, 6) is 2.36. The summed E-state index contributed by atoms with van der Waals surface area (Å²) in [5.41, 5.74) is 2.53. The molecular weight excluding hydrogens is 230 g/mol. The van der Waals surface area contributed by atoms with Gasteiger partial charge in [-0.3, -0.25) is 0 Å². The fourth-order valence-corrected chi connectivity index (χ4v) is 2.22. The Balaban J connectivity index is 3.06. The number of methoxy groups -OCH3 is 1. The second kappa shape index (κ2) is 6.92. The Morgan fingerprint density at radius 3 is 2.53 bits per heavy atom. The smallest absolute Gasteiger partial charge is 0.123 e. The minimum atomic E-state index is 0.309. The fourth-order valence-electron chi connectivity index (χ4n) is 1.96. The van der Waals surface area contributed by atoms with Gasteiger partial charge in [-0.05, 0) is 36.8 Å². The molecule has 1 atom stereocenters. The molecule has 1 aromatic rings. The highest BCUT2D eigenvalue weighted by atomic mass is 32.1. The molecule has 0 saturated carbocycles. The third-order valence-corrected chi connectivity index (χ3v) is 3.32. The summed E-state index contributed by atoms with van der Waals surface area (Å²) in [6, 6.07) is 6.80. The van der Waals surface area contributed by atoms with Crippen molar-refractivity contribution in [1.82, 2.24) is 5.32 Å². The molecule has 0 amide bonds. The molecule has 0 spiro atoms. The lowest BCUT2D eigenvalue weighted by Crippen LogP contribution is -2.17. The van der Waals surface area contributed by atoms with E-state index in [1.54, 1.807) is 7.11 Å². The molecule has 1 aromatic carbocycles. The van der Waals surface area contributed by atoms with Gasteiger partial charge >= 0.3 is 0 Å². The number of rotatable bonds is 6. The zero-order valence-electron chi connectivity index (χ0n) is 11.2. The summed E-state index contributed by atoms with van der Waals surface area (Å²) in [6.45, 7) is 4.38. The molecule has 0 aliphatic rings. The number of nitrogens with one attached hydrogen (secondary N) is 1. The summed E-state index contributed by atoms with van der Waals surface area (Å²) in [5, 5.41) is 3.31. The Morgan fingerprint density at radius 1 is 1.35 bits per heavy atom. The van der Waals surface area contributed by atoms with Gasteiger partial charge in [0.05, 0.1) is 7.11 Å². The van der Waals surface area contributed by atoms with Crippen LogP contribution < -0.4 is 10.1 Å². The molecule has 0 heterocycles. The van der Waals surface area contributed by atoms with E-state index in [0.717, 1.165) is 17.9 Å². The average molecular weight is 253 g/mol. The number of thiol groups is 1. The van der Waals surface area contributed by atoms with E-state index in [0.29, 0.717) is 12.0 Å². The van der Waals surface area contributed by atoms with Gasteiger partial charge in [-0.2, -0.15) is 12.6 Å². The molecule has 0 radical (unpaired) electrons. The first-order valence-electron chi connectivity index (χ1n) is 6.10. The van der Waals surface area contributed by atoms with Crippen LogP contribution in [0.3, 0.4) is 0 Å². The van der Waals surface area contributed by atoms with E-state index in [1.165, 1.54) is 11.1 Å². The molecule has 0 aliphatic carbocycles. The first kappa shape index (κ1) is 14.4. The van der Waals surface area contributed by atoms with E-state index >= 15 is 0 Å². The standard InChI is InChI=1S/C14H23NOS/c1-10(2)11-5-6-12(14(9-11)16-4)13(15-3)7-8-17/h5-6,9-10,13,15,17H,7-8H2,1-4H3. The molecule has 0 aromatic heterocycles. The van der Waals surface area contributed by atoms with Gasteiger partial charge in [-0.1, -0.05) is 26.0 Å². The van der Waals surface area contributed by atoms with Crippen molar-refractivity contribution in [2.75, 3.05) is 19.9 Å². The Hall–Kier alpha value is -0.670.